The van der Waals surface area contributed by atoms with E-state index in [0.29, 0.717) is 24.0 Å². The van der Waals surface area contributed by atoms with Gasteiger partial charge in [0.15, 0.2) is 0 Å². The van der Waals surface area contributed by atoms with Crippen LogP contribution in [0.5, 0.6) is 0 Å². The van der Waals surface area contributed by atoms with E-state index in [1.165, 1.54) is 0 Å². The molecule has 0 spiro atoms. The summed E-state index contributed by atoms with van der Waals surface area (Å²) in [5.41, 5.74) is 0. The molecule has 1 saturated heterocycles. The van der Waals surface area contributed by atoms with Gasteiger partial charge in [0, 0.05) is 64.4 Å². The molecule has 0 aliphatic carbocycles. The van der Waals surface area contributed by atoms with Crippen LogP contribution < -0.4 is 15.5 Å². The average molecular weight is 423 g/mol. The van der Waals surface area contributed by atoms with Crippen LogP contribution in [0.15, 0.2) is 0 Å². The highest BCUT2D eigenvalue weighted by molar-refractivity contribution is 5.43. The van der Waals surface area contributed by atoms with Gasteiger partial charge in [-0.3, -0.25) is 9.80 Å². The topological polar surface area (TPSA) is 81.7 Å². The minimum atomic E-state index is 0.508. The fraction of sp³-hybridized carbons (Fsp3) is 0.857. The first-order chi connectivity index (χ1) is 14.4. The zero-order valence-electron chi connectivity index (χ0n) is 19.8. The average Bonchev–Trinajstić information content (AvgIpc) is 2.72. The predicted molar refractivity (Wildman–Crippen MR) is 125 cm³/mol. The maximum atomic E-state index is 5.42. The zero-order chi connectivity index (χ0) is 21.9. The van der Waals surface area contributed by atoms with Crippen molar-refractivity contribution in [3.8, 4) is 0 Å². The highest BCUT2D eigenvalue weighted by atomic mass is 16.5. The van der Waals surface area contributed by atoms with Crippen LogP contribution in [0.4, 0.5) is 17.8 Å². The normalized spacial score (nSPS) is 15.2. The second-order valence-electron chi connectivity index (χ2n) is 8.19. The Balaban J connectivity index is 2.00. The molecule has 2 heterocycles. The van der Waals surface area contributed by atoms with Crippen LogP contribution >= 0.6 is 0 Å². The van der Waals surface area contributed by atoms with Gasteiger partial charge in [-0.25, -0.2) is 0 Å². The molecule has 0 aromatic carbocycles. The molecule has 1 aliphatic heterocycles. The van der Waals surface area contributed by atoms with Crippen LogP contribution in [-0.2, 0) is 4.74 Å². The van der Waals surface area contributed by atoms with Crippen molar-refractivity contribution in [2.75, 3.05) is 81.1 Å². The summed E-state index contributed by atoms with van der Waals surface area (Å²) < 4.78 is 5.42. The van der Waals surface area contributed by atoms with Crippen molar-refractivity contribution >= 4 is 17.8 Å². The smallest absolute Gasteiger partial charge is 0.231 e. The van der Waals surface area contributed by atoms with Gasteiger partial charge in [0.1, 0.15) is 0 Å². The van der Waals surface area contributed by atoms with Gasteiger partial charge in [-0.15, -0.1) is 0 Å². The summed E-state index contributed by atoms with van der Waals surface area (Å²) in [6.07, 6.45) is 0. The maximum absolute atomic E-state index is 5.42. The van der Waals surface area contributed by atoms with E-state index in [2.05, 4.69) is 81.8 Å². The number of anilines is 3. The van der Waals surface area contributed by atoms with Crippen molar-refractivity contribution in [1.29, 1.82) is 0 Å². The maximum Gasteiger partial charge on any atom is 0.231 e. The number of nitrogens with zero attached hydrogens (tertiary/aromatic N) is 6. The van der Waals surface area contributed by atoms with Crippen LogP contribution in [-0.4, -0.2) is 102 Å². The Morgan fingerprint density at radius 3 is 2.00 bits per heavy atom. The molecule has 1 aliphatic rings. The number of rotatable bonds is 13. The summed E-state index contributed by atoms with van der Waals surface area (Å²) in [7, 11) is 0. The van der Waals surface area contributed by atoms with Crippen LogP contribution in [0.25, 0.3) is 0 Å². The van der Waals surface area contributed by atoms with Gasteiger partial charge in [0.2, 0.25) is 17.8 Å². The minimum absolute atomic E-state index is 0.508. The number of hydrogen-bond donors (Lipinski definition) is 2. The summed E-state index contributed by atoms with van der Waals surface area (Å²) in [5.74, 6) is 1.98. The molecule has 2 rings (SSSR count). The van der Waals surface area contributed by atoms with Gasteiger partial charge in [-0.05, 0) is 41.5 Å². The molecule has 9 nitrogen and oxygen atoms in total. The van der Waals surface area contributed by atoms with E-state index in [1.807, 2.05) is 0 Å². The largest absolute Gasteiger partial charge is 0.379 e. The summed E-state index contributed by atoms with van der Waals surface area (Å²) in [6, 6.07) is 1.02. The van der Waals surface area contributed by atoms with Crippen LogP contribution in [0.1, 0.15) is 41.5 Å². The lowest BCUT2D eigenvalue weighted by Gasteiger charge is -2.30. The third kappa shape index (κ3) is 7.85. The SMILES string of the molecule is CCN(CC)c1nc(NCCN2CCOCC2)nc(NCCN(C(C)C)C(C)C)n1. The summed E-state index contributed by atoms with van der Waals surface area (Å²) in [5, 5.41) is 6.80. The monoisotopic (exact) mass is 422 g/mol. The van der Waals surface area contributed by atoms with E-state index in [-0.39, 0.29) is 0 Å². The fourth-order valence-corrected chi connectivity index (χ4v) is 3.73. The first-order valence-electron chi connectivity index (χ1n) is 11.5. The number of nitrogens with one attached hydrogen (secondary N) is 2. The summed E-state index contributed by atoms with van der Waals surface area (Å²) >= 11 is 0. The number of ether oxygens (including phenoxy) is 1. The Bertz CT molecular complexity index is 595. The standard InChI is InChI=1S/C21H42N8O/c1-7-28(8-2)21-25-19(22-9-11-27-13-15-30-16-14-27)24-20(26-21)23-10-12-29(17(3)4)18(5)6/h17-18H,7-16H2,1-6H3,(H2,22,23,24,25,26). The zero-order valence-corrected chi connectivity index (χ0v) is 19.8. The first-order valence-corrected chi connectivity index (χ1v) is 11.5. The molecule has 1 aromatic rings. The van der Waals surface area contributed by atoms with E-state index in [4.69, 9.17) is 4.74 Å². The molecule has 0 radical (unpaired) electrons. The molecule has 172 valence electrons. The van der Waals surface area contributed by atoms with Gasteiger partial charge in [-0.2, -0.15) is 15.0 Å². The molecule has 0 atom stereocenters. The van der Waals surface area contributed by atoms with Crippen molar-refractivity contribution in [3.05, 3.63) is 0 Å². The van der Waals surface area contributed by atoms with Gasteiger partial charge in [0.05, 0.1) is 13.2 Å². The highest BCUT2D eigenvalue weighted by Gasteiger charge is 2.15. The molecule has 0 unspecified atom stereocenters. The number of hydrogen-bond acceptors (Lipinski definition) is 9. The van der Waals surface area contributed by atoms with Crippen molar-refractivity contribution < 1.29 is 4.74 Å². The fourth-order valence-electron chi connectivity index (χ4n) is 3.73. The first kappa shape index (κ1) is 24.6. The molecule has 30 heavy (non-hydrogen) atoms. The lowest BCUT2D eigenvalue weighted by Crippen LogP contribution is -2.40. The minimum Gasteiger partial charge on any atom is -0.379 e. The van der Waals surface area contributed by atoms with E-state index < -0.39 is 0 Å². The van der Waals surface area contributed by atoms with Gasteiger partial charge in [-0.1, -0.05) is 0 Å². The number of morpholine rings is 1. The van der Waals surface area contributed by atoms with Crippen molar-refractivity contribution in [2.45, 2.75) is 53.6 Å². The Labute approximate surface area is 182 Å². The van der Waals surface area contributed by atoms with Crippen LogP contribution in [0, 0.1) is 0 Å². The Morgan fingerprint density at radius 1 is 0.900 bits per heavy atom. The second-order valence-corrected chi connectivity index (χ2v) is 8.19. The van der Waals surface area contributed by atoms with Crippen molar-refractivity contribution in [1.82, 2.24) is 24.8 Å². The van der Waals surface area contributed by atoms with Crippen molar-refractivity contribution in [2.24, 2.45) is 0 Å². The van der Waals surface area contributed by atoms with Crippen LogP contribution in [0.2, 0.25) is 0 Å². The lowest BCUT2D eigenvalue weighted by molar-refractivity contribution is 0.0398. The number of aromatic nitrogens is 3. The summed E-state index contributed by atoms with van der Waals surface area (Å²) in [6.45, 7) is 22.0. The molecule has 2 N–H and O–H groups in total. The third-order valence-corrected chi connectivity index (χ3v) is 5.46. The molecule has 9 heteroatoms. The van der Waals surface area contributed by atoms with Gasteiger partial charge >= 0.3 is 0 Å². The molecule has 0 amide bonds. The molecule has 0 bridgehead atoms. The van der Waals surface area contributed by atoms with Gasteiger partial charge in [0.25, 0.3) is 0 Å². The van der Waals surface area contributed by atoms with E-state index >= 15 is 0 Å². The second kappa shape index (κ2) is 12.9. The molecular weight excluding hydrogens is 380 g/mol. The van der Waals surface area contributed by atoms with E-state index in [0.717, 1.165) is 71.5 Å². The molecule has 1 fully saturated rings. The molecule has 0 saturated carbocycles. The Hall–Kier alpha value is -1.71. The summed E-state index contributed by atoms with van der Waals surface area (Å²) in [4.78, 5) is 20.9. The van der Waals surface area contributed by atoms with Gasteiger partial charge < -0.3 is 20.3 Å². The Kier molecular flexibility index (Phi) is 10.5. The van der Waals surface area contributed by atoms with Crippen molar-refractivity contribution in [3.63, 3.8) is 0 Å². The van der Waals surface area contributed by atoms with E-state index in [9.17, 15) is 0 Å². The Morgan fingerprint density at radius 2 is 1.47 bits per heavy atom. The molecular formula is C21H42N8O. The predicted octanol–water partition coefficient (Wildman–Crippen LogP) is 1.99. The quantitative estimate of drug-likeness (QED) is 0.496. The van der Waals surface area contributed by atoms with Crippen LogP contribution in [0.3, 0.4) is 0 Å². The third-order valence-electron chi connectivity index (χ3n) is 5.46. The van der Waals surface area contributed by atoms with E-state index in [1.54, 1.807) is 0 Å². The molecule has 1 aromatic heterocycles. The highest BCUT2D eigenvalue weighted by Crippen LogP contribution is 2.14. The lowest BCUT2D eigenvalue weighted by atomic mass is 10.2.